The molecule has 0 aliphatic carbocycles. The highest BCUT2D eigenvalue weighted by Gasteiger charge is 2.27. The van der Waals surface area contributed by atoms with Gasteiger partial charge in [0.15, 0.2) is 0 Å². The number of anilines is 1. The topological polar surface area (TPSA) is 46.0 Å². The Kier molecular flexibility index (Phi) is 6.42. The lowest BCUT2D eigenvalue weighted by molar-refractivity contribution is -0.937. The van der Waals surface area contributed by atoms with Gasteiger partial charge >= 0.3 is 0 Å². The fraction of sp³-hybridized carbons (Fsp3) is 0.381. The van der Waals surface area contributed by atoms with Gasteiger partial charge in [-0.05, 0) is 24.3 Å². The number of carbonyl (C=O) groups is 1. The summed E-state index contributed by atoms with van der Waals surface area (Å²) in [5.41, 5.74) is 2.37. The highest BCUT2D eigenvalue weighted by Crippen LogP contribution is 2.17. The lowest BCUT2D eigenvalue weighted by Crippen LogP contribution is -3.15. The smallest absolute Gasteiger partial charge is 0.254 e. The van der Waals surface area contributed by atoms with E-state index in [-0.39, 0.29) is 17.5 Å². The minimum Gasteiger partial charge on any atom is -0.378 e. The van der Waals surface area contributed by atoms with Crippen LogP contribution in [0.15, 0.2) is 48.5 Å². The van der Waals surface area contributed by atoms with Crippen molar-refractivity contribution in [1.29, 1.82) is 0 Å². The van der Waals surface area contributed by atoms with Crippen LogP contribution in [-0.2, 0) is 4.74 Å². The third kappa shape index (κ3) is 4.84. The number of halogens is 1. The molecule has 0 aromatic heterocycles. The van der Waals surface area contributed by atoms with Crippen LogP contribution in [0.5, 0.6) is 0 Å². The van der Waals surface area contributed by atoms with Crippen LogP contribution >= 0.6 is 0 Å². The van der Waals surface area contributed by atoms with Crippen molar-refractivity contribution < 1.29 is 18.8 Å². The standard InChI is InChI=1S/C21H26FN3O2/c1-24(2)17-9-7-16(8-10-17)20(25-11-13-27-14-12-25)15-23-21(26)18-5-3-4-6-19(18)22/h3-10,20H,11-15H2,1-2H3,(H,23,26)/p+1/t20-/m0/s1. The van der Waals surface area contributed by atoms with Crippen LogP contribution in [-0.4, -0.2) is 52.9 Å². The van der Waals surface area contributed by atoms with E-state index in [0.717, 1.165) is 24.3 Å². The van der Waals surface area contributed by atoms with Gasteiger partial charge in [-0.1, -0.05) is 24.3 Å². The van der Waals surface area contributed by atoms with Crippen molar-refractivity contribution in [3.63, 3.8) is 0 Å². The summed E-state index contributed by atoms with van der Waals surface area (Å²) in [5.74, 6) is -0.878. The van der Waals surface area contributed by atoms with Crippen molar-refractivity contribution >= 4 is 11.6 Å². The van der Waals surface area contributed by atoms with Crippen LogP contribution in [0.1, 0.15) is 22.0 Å². The Morgan fingerprint density at radius 3 is 2.44 bits per heavy atom. The second kappa shape index (κ2) is 8.97. The molecule has 6 heteroatoms. The number of morpholine rings is 1. The van der Waals surface area contributed by atoms with Gasteiger partial charge in [0.1, 0.15) is 24.9 Å². The summed E-state index contributed by atoms with van der Waals surface area (Å²) in [6, 6.07) is 14.5. The lowest BCUT2D eigenvalue weighted by atomic mass is 10.0. The number of nitrogens with zero attached hydrogens (tertiary/aromatic N) is 1. The molecule has 144 valence electrons. The molecule has 2 N–H and O–H groups in total. The van der Waals surface area contributed by atoms with Gasteiger partial charge in [0.2, 0.25) is 0 Å². The van der Waals surface area contributed by atoms with Gasteiger partial charge in [-0.2, -0.15) is 0 Å². The molecule has 0 radical (unpaired) electrons. The summed E-state index contributed by atoms with van der Waals surface area (Å²) in [5, 5.41) is 2.92. The van der Waals surface area contributed by atoms with Gasteiger partial charge in [0.25, 0.3) is 5.91 Å². The van der Waals surface area contributed by atoms with Crippen LogP contribution < -0.4 is 15.1 Å². The van der Waals surface area contributed by atoms with Gasteiger partial charge in [-0.3, -0.25) is 4.79 Å². The SMILES string of the molecule is CN(C)c1ccc([C@H](CNC(=O)c2ccccc2F)[NH+]2CCOCC2)cc1. The zero-order valence-electron chi connectivity index (χ0n) is 15.9. The van der Waals surface area contributed by atoms with Gasteiger partial charge in [-0.25, -0.2) is 4.39 Å². The first-order valence-electron chi connectivity index (χ1n) is 9.28. The van der Waals surface area contributed by atoms with Gasteiger partial charge in [0, 0.05) is 25.3 Å². The number of quaternary nitrogens is 1. The van der Waals surface area contributed by atoms with E-state index in [9.17, 15) is 9.18 Å². The third-order valence-corrected chi connectivity index (χ3v) is 5.02. The summed E-state index contributed by atoms with van der Waals surface area (Å²) in [7, 11) is 4.02. The zero-order valence-corrected chi connectivity index (χ0v) is 15.9. The second-order valence-corrected chi connectivity index (χ2v) is 7.00. The number of rotatable bonds is 6. The van der Waals surface area contributed by atoms with Crippen LogP contribution in [0.4, 0.5) is 10.1 Å². The van der Waals surface area contributed by atoms with E-state index >= 15 is 0 Å². The van der Waals surface area contributed by atoms with E-state index in [1.807, 2.05) is 14.1 Å². The molecule has 2 aromatic rings. The first kappa shape index (κ1) is 19.3. The van der Waals surface area contributed by atoms with Gasteiger partial charge < -0.3 is 19.9 Å². The Labute approximate surface area is 159 Å². The predicted molar refractivity (Wildman–Crippen MR) is 104 cm³/mol. The van der Waals surface area contributed by atoms with E-state index in [1.54, 1.807) is 12.1 Å². The number of benzene rings is 2. The fourth-order valence-electron chi connectivity index (χ4n) is 3.42. The molecule has 2 aromatic carbocycles. The minimum atomic E-state index is -0.499. The summed E-state index contributed by atoms with van der Waals surface area (Å²) < 4.78 is 19.4. The summed E-state index contributed by atoms with van der Waals surface area (Å²) in [6.07, 6.45) is 0. The largest absolute Gasteiger partial charge is 0.378 e. The maximum atomic E-state index is 13.9. The summed E-state index contributed by atoms with van der Waals surface area (Å²) >= 11 is 0. The fourth-order valence-corrected chi connectivity index (χ4v) is 3.42. The zero-order chi connectivity index (χ0) is 19.2. The van der Waals surface area contributed by atoms with Crippen molar-refractivity contribution in [2.45, 2.75) is 6.04 Å². The number of hydrogen-bond acceptors (Lipinski definition) is 3. The number of nitrogens with one attached hydrogen (secondary N) is 2. The van der Waals surface area contributed by atoms with E-state index in [1.165, 1.54) is 17.0 Å². The van der Waals surface area contributed by atoms with Crippen molar-refractivity contribution in [2.75, 3.05) is 51.8 Å². The van der Waals surface area contributed by atoms with E-state index in [2.05, 4.69) is 34.5 Å². The number of ether oxygens (including phenoxy) is 1. The average Bonchev–Trinajstić information content (AvgIpc) is 2.69. The van der Waals surface area contributed by atoms with Crippen molar-refractivity contribution in [2.24, 2.45) is 0 Å². The monoisotopic (exact) mass is 372 g/mol. The maximum absolute atomic E-state index is 13.9. The van der Waals surface area contributed by atoms with Gasteiger partial charge in [0.05, 0.1) is 25.3 Å². The molecule has 5 nitrogen and oxygen atoms in total. The second-order valence-electron chi connectivity index (χ2n) is 7.00. The number of amides is 1. The molecule has 1 amide bonds. The molecule has 1 saturated heterocycles. The normalized spacial score (nSPS) is 16.0. The first-order valence-corrected chi connectivity index (χ1v) is 9.28. The Morgan fingerprint density at radius 1 is 1.15 bits per heavy atom. The Morgan fingerprint density at radius 2 is 1.81 bits per heavy atom. The van der Waals surface area contributed by atoms with Crippen molar-refractivity contribution in [3.05, 3.63) is 65.5 Å². The third-order valence-electron chi connectivity index (χ3n) is 5.02. The molecule has 1 atom stereocenters. The number of hydrogen-bond donors (Lipinski definition) is 2. The Bertz CT molecular complexity index is 758. The molecule has 1 aliphatic rings. The van der Waals surface area contributed by atoms with Gasteiger partial charge in [-0.15, -0.1) is 0 Å². The van der Waals surface area contributed by atoms with E-state index in [4.69, 9.17) is 4.74 Å². The average molecular weight is 372 g/mol. The molecule has 1 fully saturated rings. The maximum Gasteiger partial charge on any atom is 0.254 e. The molecule has 1 aliphatic heterocycles. The van der Waals surface area contributed by atoms with Crippen LogP contribution in [0, 0.1) is 5.82 Å². The highest BCUT2D eigenvalue weighted by molar-refractivity contribution is 5.94. The van der Waals surface area contributed by atoms with E-state index in [0.29, 0.717) is 19.8 Å². The van der Waals surface area contributed by atoms with Crippen molar-refractivity contribution in [3.8, 4) is 0 Å². The van der Waals surface area contributed by atoms with Crippen LogP contribution in [0.25, 0.3) is 0 Å². The molecular formula is C21H27FN3O2+. The molecule has 3 rings (SSSR count). The summed E-state index contributed by atoms with van der Waals surface area (Å²) in [6.45, 7) is 3.64. The molecule has 0 saturated carbocycles. The Hall–Kier alpha value is -2.44. The van der Waals surface area contributed by atoms with E-state index < -0.39 is 5.82 Å². The Balaban J connectivity index is 1.75. The molecule has 0 bridgehead atoms. The summed E-state index contributed by atoms with van der Waals surface area (Å²) in [4.78, 5) is 15.9. The van der Waals surface area contributed by atoms with Crippen LogP contribution in [0.3, 0.4) is 0 Å². The lowest BCUT2D eigenvalue weighted by Gasteiger charge is -2.32. The van der Waals surface area contributed by atoms with Crippen LogP contribution in [0.2, 0.25) is 0 Å². The number of carbonyl (C=O) groups excluding carboxylic acids is 1. The predicted octanol–water partition coefficient (Wildman–Crippen LogP) is 1.28. The first-order chi connectivity index (χ1) is 13.1. The quantitative estimate of drug-likeness (QED) is 0.803. The molecular weight excluding hydrogens is 345 g/mol. The highest BCUT2D eigenvalue weighted by atomic mass is 19.1. The minimum absolute atomic E-state index is 0.0798. The molecule has 1 heterocycles. The molecule has 0 unspecified atom stereocenters. The molecule has 27 heavy (non-hydrogen) atoms. The molecule has 0 spiro atoms. The van der Waals surface area contributed by atoms with Crippen molar-refractivity contribution in [1.82, 2.24) is 5.32 Å².